The van der Waals surface area contributed by atoms with Gasteiger partial charge in [0.2, 0.25) is 10.0 Å². The van der Waals surface area contributed by atoms with Gasteiger partial charge in [-0.1, -0.05) is 37.1 Å². The zero-order chi connectivity index (χ0) is 23.9. The first kappa shape index (κ1) is 22.8. The number of benzene rings is 1. The van der Waals surface area contributed by atoms with Gasteiger partial charge < -0.3 is 9.80 Å². The Hall–Kier alpha value is -2.97. The number of pyridine rings is 1. The molecule has 3 aliphatic rings. The lowest BCUT2D eigenvalue weighted by atomic mass is 9.94. The molecule has 5 rings (SSSR count). The van der Waals surface area contributed by atoms with Crippen LogP contribution in [-0.4, -0.2) is 55.4 Å². The molecule has 2 heterocycles. The van der Waals surface area contributed by atoms with Crippen molar-refractivity contribution >= 4 is 21.6 Å². The van der Waals surface area contributed by atoms with E-state index in [1.807, 2.05) is 22.9 Å². The summed E-state index contributed by atoms with van der Waals surface area (Å²) in [6, 6.07) is 9.21. The molecule has 7 nitrogen and oxygen atoms in total. The summed E-state index contributed by atoms with van der Waals surface area (Å²) >= 11 is 0. The van der Waals surface area contributed by atoms with E-state index in [2.05, 4.69) is 23.2 Å². The van der Waals surface area contributed by atoms with Crippen molar-refractivity contribution in [1.29, 1.82) is 0 Å². The van der Waals surface area contributed by atoms with Gasteiger partial charge in [0, 0.05) is 49.9 Å². The normalized spacial score (nSPS) is 18.5. The molecule has 178 valence electrons. The Kier molecular flexibility index (Phi) is 6.04. The minimum atomic E-state index is -3.77. The average molecular weight is 479 g/mol. The number of fused-ring (bicyclic) bond motifs is 1. The third-order valence-corrected chi connectivity index (χ3v) is 8.17. The molecule has 0 radical (unpaired) electrons. The summed E-state index contributed by atoms with van der Waals surface area (Å²) in [6.07, 6.45) is 12.4. The van der Waals surface area contributed by atoms with E-state index < -0.39 is 10.0 Å². The number of rotatable bonds is 4. The molecule has 0 unspecified atom stereocenters. The molecule has 1 aromatic heterocycles. The molecule has 0 bridgehead atoms. The van der Waals surface area contributed by atoms with E-state index in [1.54, 1.807) is 18.3 Å². The van der Waals surface area contributed by atoms with E-state index in [4.69, 9.17) is 5.14 Å². The Morgan fingerprint density at radius 1 is 1.15 bits per heavy atom. The molecule has 2 N–H and O–H groups in total. The quantitative estimate of drug-likeness (QED) is 0.719. The van der Waals surface area contributed by atoms with Gasteiger partial charge in [0.05, 0.1) is 10.6 Å². The molecule has 0 saturated heterocycles. The van der Waals surface area contributed by atoms with Crippen LogP contribution in [0, 0.1) is 0 Å². The molecule has 8 heteroatoms. The van der Waals surface area contributed by atoms with Gasteiger partial charge in [-0.05, 0) is 54.2 Å². The predicted octanol–water partition coefficient (Wildman–Crippen LogP) is 3.96. The molecule has 0 atom stereocenters. The maximum atomic E-state index is 13.0. The summed E-state index contributed by atoms with van der Waals surface area (Å²) in [5.74, 6) is 0. The number of hydrogen-bond acceptors (Lipinski definition) is 4. The summed E-state index contributed by atoms with van der Waals surface area (Å²) in [5.41, 5.74) is 6.11. The minimum absolute atomic E-state index is 0.0867. The largest absolute Gasteiger partial charge is 0.325 e. The Balaban J connectivity index is 1.35. The zero-order valence-corrected chi connectivity index (χ0v) is 20.2. The van der Waals surface area contributed by atoms with Crippen molar-refractivity contribution in [3.05, 3.63) is 65.5 Å². The van der Waals surface area contributed by atoms with Gasteiger partial charge in [-0.2, -0.15) is 0 Å². The third kappa shape index (κ3) is 4.40. The van der Waals surface area contributed by atoms with E-state index in [0.717, 1.165) is 48.1 Å². The van der Waals surface area contributed by atoms with E-state index in [0.29, 0.717) is 19.1 Å². The number of aromatic nitrogens is 1. The first-order valence-corrected chi connectivity index (χ1v) is 13.4. The number of urea groups is 1. The lowest BCUT2D eigenvalue weighted by Crippen LogP contribution is -2.46. The topological polar surface area (TPSA) is 96.6 Å². The highest BCUT2D eigenvalue weighted by atomic mass is 32.2. The van der Waals surface area contributed by atoms with Gasteiger partial charge in [-0.3, -0.25) is 4.98 Å². The van der Waals surface area contributed by atoms with Gasteiger partial charge in [-0.15, -0.1) is 0 Å². The van der Waals surface area contributed by atoms with Crippen LogP contribution < -0.4 is 5.14 Å². The molecular formula is C26H30N4O3S. The van der Waals surface area contributed by atoms with Crippen molar-refractivity contribution in [3.8, 4) is 11.1 Å². The number of carbonyl (C=O) groups excluding carboxylic acids is 1. The number of nitrogens with two attached hydrogens (primary N) is 1. The highest BCUT2D eigenvalue weighted by molar-refractivity contribution is 7.89. The summed E-state index contributed by atoms with van der Waals surface area (Å²) in [5, 5.41) is 5.31. The van der Waals surface area contributed by atoms with Crippen LogP contribution in [0.2, 0.25) is 0 Å². The second-order valence-electron chi connectivity index (χ2n) is 9.37. The smallest absolute Gasteiger partial charge is 0.320 e. The van der Waals surface area contributed by atoms with Crippen LogP contribution in [0.25, 0.3) is 16.7 Å². The van der Waals surface area contributed by atoms with Gasteiger partial charge >= 0.3 is 6.03 Å². The highest BCUT2D eigenvalue weighted by Crippen LogP contribution is 2.37. The highest BCUT2D eigenvalue weighted by Gasteiger charge is 2.29. The lowest BCUT2D eigenvalue weighted by Gasteiger charge is -2.33. The fourth-order valence-electron chi connectivity index (χ4n) is 5.27. The lowest BCUT2D eigenvalue weighted by molar-refractivity contribution is 0.150. The van der Waals surface area contributed by atoms with Crippen LogP contribution in [0.5, 0.6) is 0 Å². The molecule has 1 aliphatic heterocycles. The van der Waals surface area contributed by atoms with E-state index in [-0.39, 0.29) is 10.9 Å². The molecule has 0 spiro atoms. The molecule has 1 fully saturated rings. The Labute approximate surface area is 201 Å². The van der Waals surface area contributed by atoms with E-state index in [9.17, 15) is 13.2 Å². The van der Waals surface area contributed by atoms with Crippen LogP contribution in [0.4, 0.5) is 4.79 Å². The van der Waals surface area contributed by atoms with E-state index >= 15 is 0 Å². The zero-order valence-electron chi connectivity index (χ0n) is 19.4. The average Bonchev–Trinajstić information content (AvgIpc) is 3.53. The van der Waals surface area contributed by atoms with Gasteiger partial charge in [0.25, 0.3) is 0 Å². The number of carbonyl (C=O) groups is 1. The summed E-state index contributed by atoms with van der Waals surface area (Å²) < 4.78 is 23.5. The van der Waals surface area contributed by atoms with E-state index in [1.165, 1.54) is 30.1 Å². The number of nitrogens with zero attached hydrogens (tertiary/aromatic N) is 3. The standard InChI is InChI=1S/C26H30N4O3S/c1-29(21-6-2-3-7-21)26(31)30-13-11-18(12-14-30)23-9-10-25-24(23)16-20(17-28-25)19-5-4-8-22(15-19)34(27,32)33/h4-5,8-9,11,15-17,21H,2-3,6-7,10,12-14H2,1H3,(H2,27,32,33). The van der Waals surface area contributed by atoms with Crippen LogP contribution in [0.3, 0.4) is 0 Å². The van der Waals surface area contributed by atoms with Crippen LogP contribution in [-0.2, 0) is 16.4 Å². The molecule has 1 saturated carbocycles. The van der Waals surface area contributed by atoms with Crippen molar-refractivity contribution in [3.63, 3.8) is 0 Å². The number of amides is 2. The number of primary sulfonamides is 1. The maximum Gasteiger partial charge on any atom is 0.320 e. The summed E-state index contributed by atoms with van der Waals surface area (Å²) in [7, 11) is -1.84. The van der Waals surface area contributed by atoms with Crippen LogP contribution >= 0.6 is 0 Å². The maximum absolute atomic E-state index is 13.0. The molecular weight excluding hydrogens is 448 g/mol. The second kappa shape index (κ2) is 9.00. The van der Waals surface area contributed by atoms with Crippen LogP contribution in [0.1, 0.15) is 43.4 Å². The van der Waals surface area contributed by atoms with Crippen molar-refractivity contribution in [1.82, 2.24) is 14.8 Å². The van der Waals surface area contributed by atoms with Gasteiger partial charge in [-0.25, -0.2) is 18.4 Å². The fourth-order valence-corrected chi connectivity index (χ4v) is 5.83. The molecule has 34 heavy (non-hydrogen) atoms. The number of hydrogen-bond donors (Lipinski definition) is 1. The van der Waals surface area contributed by atoms with Crippen molar-refractivity contribution in [2.24, 2.45) is 5.14 Å². The Bertz CT molecular complexity index is 1290. The molecule has 1 aromatic carbocycles. The molecule has 2 amide bonds. The van der Waals surface area contributed by atoms with Gasteiger partial charge in [0.15, 0.2) is 0 Å². The van der Waals surface area contributed by atoms with Crippen molar-refractivity contribution in [2.45, 2.75) is 49.5 Å². The first-order chi connectivity index (χ1) is 16.3. The monoisotopic (exact) mass is 478 g/mol. The van der Waals surface area contributed by atoms with Gasteiger partial charge in [0.1, 0.15) is 0 Å². The molecule has 2 aromatic rings. The predicted molar refractivity (Wildman–Crippen MR) is 132 cm³/mol. The first-order valence-electron chi connectivity index (χ1n) is 11.8. The minimum Gasteiger partial charge on any atom is -0.325 e. The van der Waals surface area contributed by atoms with Crippen LogP contribution in [0.15, 0.2) is 59.1 Å². The van der Waals surface area contributed by atoms with Crippen molar-refractivity contribution < 1.29 is 13.2 Å². The summed E-state index contributed by atoms with van der Waals surface area (Å²) in [6.45, 7) is 1.32. The fraction of sp³-hybridized carbons (Fsp3) is 0.385. The Morgan fingerprint density at radius 2 is 1.94 bits per heavy atom. The third-order valence-electron chi connectivity index (χ3n) is 7.26. The SMILES string of the molecule is CN(C(=O)N1CC=C(C2=CCc3ncc(-c4cccc(S(N)(=O)=O)c4)cc32)CC1)C1CCCC1. The number of allylic oxidation sites excluding steroid dienone is 2. The van der Waals surface area contributed by atoms with Crippen molar-refractivity contribution in [2.75, 3.05) is 20.1 Å². The second-order valence-corrected chi connectivity index (χ2v) is 10.9. The number of sulfonamides is 1. The summed E-state index contributed by atoms with van der Waals surface area (Å²) in [4.78, 5) is 21.6. The molecule has 2 aliphatic carbocycles. The Morgan fingerprint density at radius 3 is 2.65 bits per heavy atom.